The Morgan fingerprint density at radius 2 is 1.77 bits per heavy atom. The van der Waals surface area contributed by atoms with Crippen molar-refractivity contribution in [1.29, 1.82) is 0 Å². The molecule has 0 saturated carbocycles. The number of hydrogen-bond donors (Lipinski definition) is 3. The van der Waals surface area contributed by atoms with Crippen LogP contribution in [0.2, 0.25) is 0 Å². The summed E-state index contributed by atoms with van der Waals surface area (Å²) in [5.74, 6) is -0.230. The molecule has 5 atom stereocenters. The van der Waals surface area contributed by atoms with Gasteiger partial charge in [-0.05, 0) is 25.3 Å². The van der Waals surface area contributed by atoms with Gasteiger partial charge in [0.15, 0.2) is 6.29 Å². The first-order valence-electron chi connectivity index (χ1n) is 9.00. The largest absolute Gasteiger partial charge is 0.461 e. The molecule has 1 fully saturated rings. The van der Waals surface area contributed by atoms with Gasteiger partial charge < -0.3 is 29.5 Å². The van der Waals surface area contributed by atoms with Crippen LogP contribution in [0.3, 0.4) is 0 Å². The highest BCUT2D eigenvalue weighted by molar-refractivity contribution is 5.69. The highest BCUT2D eigenvalue weighted by atomic mass is 16.7. The molecule has 1 aliphatic rings. The molecule has 146 valence electrons. The standard InChI is InChI=1S/C19H28O7/c1-13-16(21)17(22)18(23)19(26-13)24-11-7-3-6-10-15(20)25-12-14-8-4-2-5-9-14/h2,4-5,8-9,13,16-19,21-23H,3,6-7,10-12H2,1H3/t13-,16-,17+,18+,19-/m0/s1. The summed E-state index contributed by atoms with van der Waals surface area (Å²) in [5.41, 5.74) is 0.960. The highest BCUT2D eigenvalue weighted by Gasteiger charge is 2.42. The molecular formula is C19H28O7. The van der Waals surface area contributed by atoms with Crippen molar-refractivity contribution < 1.29 is 34.3 Å². The van der Waals surface area contributed by atoms with E-state index in [1.54, 1.807) is 6.92 Å². The van der Waals surface area contributed by atoms with Gasteiger partial charge in [0.2, 0.25) is 0 Å². The van der Waals surface area contributed by atoms with Crippen LogP contribution in [0, 0.1) is 0 Å². The Labute approximate surface area is 153 Å². The smallest absolute Gasteiger partial charge is 0.306 e. The van der Waals surface area contributed by atoms with Crippen molar-refractivity contribution in [2.24, 2.45) is 0 Å². The van der Waals surface area contributed by atoms with E-state index in [2.05, 4.69) is 0 Å². The third-order valence-corrected chi connectivity index (χ3v) is 4.36. The zero-order chi connectivity index (χ0) is 18.9. The van der Waals surface area contributed by atoms with Gasteiger partial charge in [-0.25, -0.2) is 0 Å². The zero-order valence-electron chi connectivity index (χ0n) is 15.0. The fourth-order valence-electron chi connectivity index (χ4n) is 2.71. The lowest BCUT2D eigenvalue weighted by molar-refractivity contribution is -0.293. The van der Waals surface area contributed by atoms with Crippen LogP contribution >= 0.6 is 0 Å². The van der Waals surface area contributed by atoms with Gasteiger partial charge >= 0.3 is 5.97 Å². The van der Waals surface area contributed by atoms with Crippen LogP contribution in [0.4, 0.5) is 0 Å². The molecule has 26 heavy (non-hydrogen) atoms. The fraction of sp³-hybridized carbons (Fsp3) is 0.632. The van der Waals surface area contributed by atoms with Crippen LogP contribution < -0.4 is 0 Å². The Balaban J connectivity index is 1.53. The van der Waals surface area contributed by atoms with Crippen LogP contribution in [0.5, 0.6) is 0 Å². The molecule has 1 aromatic rings. The number of carbonyl (C=O) groups is 1. The maximum atomic E-state index is 11.7. The molecule has 0 aromatic heterocycles. The van der Waals surface area contributed by atoms with Crippen molar-refractivity contribution in [3.63, 3.8) is 0 Å². The average Bonchev–Trinajstić information content (AvgIpc) is 2.65. The second-order valence-corrected chi connectivity index (χ2v) is 6.51. The lowest BCUT2D eigenvalue weighted by Gasteiger charge is -2.38. The van der Waals surface area contributed by atoms with Crippen molar-refractivity contribution in [3.8, 4) is 0 Å². The molecule has 2 rings (SSSR count). The topological polar surface area (TPSA) is 105 Å². The van der Waals surface area contributed by atoms with Crippen molar-refractivity contribution in [3.05, 3.63) is 35.9 Å². The predicted molar refractivity (Wildman–Crippen MR) is 93.0 cm³/mol. The fourth-order valence-corrected chi connectivity index (χ4v) is 2.71. The van der Waals surface area contributed by atoms with E-state index in [0.717, 1.165) is 12.0 Å². The zero-order valence-corrected chi connectivity index (χ0v) is 15.0. The minimum absolute atomic E-state index is 0.230. The molecule has 1 saturated heterocycles. The number of aliphatic hydroxyl groups is 3. The lowest BCUT2D eigenvalue weighted by Crippen LogP contribution is -2.57. The van der Waals surface area contributed by atoms with Crippen molar-refractivity contribution in [2.45, 2.75) is 69.9 Å². The molecule has 0 spiro atoms. The molecule has 7 nitrogen and oxygen atoms in total. The Morgan fingerprint density at radius 3 is 2.50 bits per heavy atom. The van der Waals surface area contributed by atoms with E-state index < -0.39 is 30.7 Å². The van der Waals surface area contributed by atoms with Gasteiger partial charge in [-0.15, -0.1) is 0 Å². The summed E-state index contributed by atoms with van der Waals surface area (Å²) in [7, 11) is 0. The third-order valence-electron chi connectivity index (χ3n) is 4.36. The molecule has 0 radical (unpaired) electrons. The maximum absolute atomic E-state index is 11.7. The summed E-state index contributed by atoms with van der Waals surface area (Å²) in [6.07, 6.45) is -2.79. The number of hydrogen-bond acceptors (Lipinski definition) is 7. The quantitative estimate of drug-likeness (QED) is 0.443. The second kappa shape index (κ2) is 10.6. The molecule has 1 aliphatic heterocycles. The number of esters is 1. The third kappa shape index (κ3) is 6.34. The molecule has 1 aromatic carbocycles. The normalized spacial score (nSPS) is 28.7. The van der Waals surface area contributed by atoms with Crippen molar-refractivity contribution in [1.82, 2.24) is 0 Å². The molecule has 0 amide bonds. The molecule has 7 heteroatoms. The number of benzene rings is 1. The first-order chi connectivity index (χ1) is 12.5. The minimum Gasteiger partial charge on any atom is -0.461 e. The summed E-state index contributed by atoms with van der Waals surface area (Å²) in [5, 5.41) is 29.2. The molecule has 0 bridgehead atoms. The monoisotopic (exact) mass is 368 g/mol. The average molecular weight is 368 g/mol. The van der Waals surface area contributed by atoms with Gasteiger partial charge in [0.05, 0.1) is 6.10 Å². The number of ether oxygens (including phenoxy) is 3. The number of carbonyl (C=O) groups excluding carboxylic acids is 1. The maximum Gasteiger partial charge on any atom is 0.306 e. The van der Waals surface area contributed by atoms with Gasteiger partial charge in [-0.3, -0.25) is 4.79 Å². The highest BCUT2D eigenvalue weighted by Crippen LogP contribution is 2.22. The van der Waals surface area contributed by atoms with E-state index in [4.69, 9.17) is 14.2 Å². The van der Waals surface area contributed by atoms with Crippen molar-refractivity contribution >= 4 is 5.97 Å². The number of rotatable bonds is 9. The Bertz CT molecular complexity index is 536. The van der Waals surface area contributed by atoms with Crippen LogP contribution in [-0.4, -0.2) is 58.6 Å². The van der Waals surface area contributed by atoms with E-state index in [0.29, 0.717) is 25.9 Å². The number of aliphatic hydroxyl groups excluding tert-OH is 3. The molecule has 0 unspecified atom stereocenters. The summed E-state index contributed by atoms with van der Waals surface area (Å²) in [4.78, 5) is 11.7. The first kappa shape index (κ1) is 20.8. The molecule has 0 aliphatic carbocycles. The molecule has 3 N–H and O–H groups in total. The summed E-state index contributed by atoms with van der Waals surface area (Å²) >= 11 is 0. The first-order valence-corrected chi connectivity index (χ1v) is 9.00. The Morgan fingerprint density at radius 1 is 1.04 bits per heavy atom. The van der Waals surface area contributed by atoms with E-state index in [1.165, 1.54) is 0 Å². The van der Waals surface area contributed by atoms with Crippen LogP contribution in [0.1, 0.15) is 38.2 Å². The van der Waals surface area contributed by atoms with Gasteiger partial charge in [0.25, 0.3) is 0 Å². The van der Waals surface area contributed by atoms with Gasteiger partial charge in [0, 0.05) is 13.0 Å². The predicted octanol–water partition coefficient (Wildman–Crippen LogP) is 1.13. The summed E-state index contributed by atoms with van der Waals surface area (Å²) < 4.78 is 16.0. The van der Waals surface area contributed by atoms with Gasteiger partial charge in [-0.1, -0.05) is 36.8 Å². The van der Waals surface area contributed by atoms with E-state index >= 15 is 0 Å². The molecular weight excluding hydrogens is 340 g/mol. The SMILES string of the molecule is C[C@@H]1O[C@H](OCCCCCC(=O)OCc2ccccc2)[C@H](O)[C@H](O)[C@H]1O. The van der Waals surface area contributed by atoms with Crippen LogP contribution in [0.15, 0.2) is 30.3 Å². The van der Waals surface area contributed by atoms with E-state index in [-0.39, 0.29) is 12.6 Å². The number of unbranched alkanes of at least 4 members (excludes halogenated alkanes) is 2. The minimum atomic E-state index is -1.29. The van der Waals surface area contributed by atoms with Gasteiger partial charge in [0.1, 0.15) is 24.9 Å². The summed E-state index contributed by atoms with van der Waals surface area (Å²) in [6.45, 7) is 2.22. The second-order valence-electron chi connectivity index (χ2n) is 6.51. The van der Waals surface area contributed by atoms with Crippen LogP contribution in [-0.2, 0) is 25.6 Å². The van der Waals surface area contributed by atoms with Crippen LogP contribution in [0.25, 0.3) is 0 Å². The molecule has 1 heterocycles. The van der Waals surface area contributed by atoms with Crippen molar-refractivity contribution in [2.75, 3.05) is 6.61 Å². The van der Waals surface area contributed by atoms with E-state index in [1.807, 2.05) is 30.3 Å². The Hall–Kier alpha value is -1.51. The summed E-state index contributed by atoms with van der Waals surface area (Å²) in [6, 6.07) is 9.52. The van der Waals surface area contributed by atoms with Gasteiger partial charge in [-0.2, -0.15) is 0 Å². The lowest BCUT2D eigenvalue weighted by atomic mass is 10.0. The van der Waals surface area contributed by atoms with E-state index in [9.17, 15) is 20.1 Å². The Kier molecular flexibility index (Phi) is 8.47.